The lowest BCUT2D eigenvalue weighted by atomic mass is 9.90. The molecule has 182 valence electrons. The standard InChI is InChI=1S/C28H27F2NO4/c1-6-23-25-16(8-10-34-23)7-9-31-22(25)14-19-18-13-21(30)20(29)12-17(18)11-15(2)24(19)26(27(32)33)35-28(3,4)5/h6-7,9,11-14,26H,1,8,10H2,2-5H3,(H,32,33)/b22-14-/t26-/m1/s1. The lowest BCUT2D eigenvalue weighted by molar-refractivity contribution is -0.160. The number of fused-ring (bicyclic) bond motifs is 2. The van der Waals surface area contributed by atoms with E-state index in [-0.39, 0.29) is 0 Å². The van der Waals surface area contributed by atoms with Gasteiger partial charge in [-0.15, -0.1) is 0 Å². The first-order valence-electron chi connectivity index (χ1n) is 11.3. The highest BCUT2D eigenvalue weighted by atomic mass is 19.2. The molecule has 0 saturated heterocycles. The number of aromatic nitrogens is 1. The minimum atomic E-state index is -1.35. The number of carboxylic acid groups (broad SMARTS) is 1. The number of rotatable bonds is 5. The molecule has 2 aromatic carbocycles. The van der Waals surface area contributed by atoms with E-state index in [0.717, 1.165) is 22.9 Å². The molecule has 4 rings (SSSR count). The van der Waals surface area contributed by atoms with E-state index in [1.54, 1.807) is 52.1 Å². The van der Waals surface area contributed by atoms with E-state index in [4.69, 9.17) is 9.47 Å². The van der Waals surface area contributed by atoms with Crippen LogP contribution in [0.5, 0.6) is 0 Å². The minimum absolute atomic E-state index is 0.349. The third kappa shape index (κ3) is 4.82. The maximum atomic E-state index is 14.4. The van der Waals surface area contributed by atoms with Crippen LogP contribution in [0.3, 0.4) is 0 Å². The van der Waals surface area contributed by atoms with Gasteiger partial charge in [-0.1, -0.05) is 12.6 Å². The SMILES string of the molecule is C=CC1=c2c(ccn/c2=C\c2c([C@@H](OC(C)(C)C)C(=O)O)c(C)cc3cc(F)c(F)cc23)CCO1. The predicted octanol–water partition coefficient (Wildman–Crippen LogP) is 4.46. The van der Waals surface area contributed by atoms with E-state index >= 15 is 0 Å². The lowest BCUT2D eigenvalue weighted by Gasteiger charge is -2.28. The normalized spacial score (nSPS) is 15.0. The number of carboxylic acids is 1. The second-order valence-corrected chi connectivity index (χ2v) is 9.50. The van der Waals surface area contributed by atoms with Gasteiger partial charge in [0, 0.05) is 23.4 Å². The number of hydrogen-bond donors (Lipinski definition) is 1. The number of ether oxygens (including phenoxy) is 2. The van der Waals surface area contributed by atoms with Crippen molar-refractivity contribution in [1.29, 1.82) is 0 Å². The highest BCUT2D eigenvalue weighted by Crippen LogP contribution is 2.35. The zero-order chi connectivity index (χ0) is 25.5. The van der Waals surface area contributed by atoms with Crippen LogP contribution >= 0.6 is 0 Å². The number of carbonyl (C=O) groups is 1. The van der Waals surface area contributed by atoms with Crippen LogP contribution in [-0.4, -0.2) is 28.3 Å². The predicted molar refractivity (Wildman–Crippen MR) is 130 cm³/mol. The summed E-state index contributed by atoms with van der Waals surface area (Å²) in [7, 11) is 0. The number of benzene rings is 2. The fourth-order valence-electron chi connectivity index (χ4n) is 4.44. The molecule has 1 atom stereocenters. The van der Waals surface area contributed by atoms with Crippen molar-refractivity contribution in [2.24, 2.45) is 0 Å². The highest BCUT2D eigenvalue weighted by Gasteiger charge is 2.31. The van der Waals surface area contributed by atoms with Gasteiger partial charge in [-0.3, -0.25) is 4.98 Å². The van der Waals surface area contributed by atoms with Crippen molar-refractivity contribution in [3.63, 3.8) is 0 Å². The number of nitrogens with zero attached hydrogens (tertiary/aromatic N) is 1. The molecule has 35 heavy (non-hydrogen) atoms. The van der Waals surface area contributed by atoms with Crippen molar-refractivity contribution >= 4 is 28.6 Å². The van der Waals surface area contributed by atoms with Gasteiger partial charge in [-0.25, -0.2) is 13.6 Å². The summed E-state index contributed by atoms with van der Waals surface area (Å²) in [5, 5.41) is 12.2. The Morgan fingerprint density at radius 1 is 1.26 bits per heavy atom. The van der Waals surface area contributed by atoms with Crippen LogP contribution in [0.4, 0.5) is 8.78 Å². The molecular formula is C28H27F2NO4. The molecule has 0 fully saturated rings. The van der Waals surface area contributed by atoms with Crippen molar-refractivity contribution in [3.8, 4) is 0 Å². The van der Waals surface area contributed by atoms with Crippen LogP contribution in [0.2, 0.25) is 0 Å². The number of aryl methyl sites for hydroxylation is 1. The second-order valence-electron chi connectivity index (χ2n) is 9.50. The quantitative estimate of drug-likeness (QED) is 0.585. The summed E-state index contributed by atoms with van der Waals surface area (Å²) in [5.41, 5.74) is 1.54. The molecule has 0 unspecified atom stereocenters. The lowest BCUT2D eigenvalue weighted by Crippen LogP contribution is -2.37. The molecule has 7 heteroatoms. The molecule has 0 aliphatic carbocycles. The fourth-order valence-corrected chi connectivity index (χ4v) is 4.44. The summed E-state index contributed by atoms with van der Waals surface area (Å²) in [6, 6.07) is 5.73. The van der Waals surface area contributed by atoms with E-state index in [0.29, 0.717) is 51.6 Å². The van der Waals surface area contributed by atoms with Crippen LogP contribution < -0.4 is 10.6 Å². The van der Waals surface area contributed by atoms with Crippen molar-refractivity contribution in [1.82, 2.24) is 4.98 Å². The average molecular weight is 480 g/mol. The maximum absolute atomic E-state index is 14.4. The summed E-state index contributed by atoms with van der Waals surface area (Å²) >= 11 is 0. The van der Waals surface area contributed by atoms with E-state index in [1.165, 1.54) is 0 Å². The summed E-state index contributed by atoms with van der Waals surface area (Å²) in [6.07, 6.45) is 4.28. The topological polar surface area (TPSA) is 68.7 Å². The highest BCUT2D eigenvalue weighted by molar-refractivity contribution is 5.95. The fraction of sp³-hybridized carbons (Fsp3) is 0.286. The van der Waals surface area contributed by atoms with Crippen LogP contribution in [-0.2, 0) is 20.7 Å². The van der Waals surface area contributed by atoms with Gasteiger partial charge >= 0.3 is 5.97 Å². The van der Waals surface area contributed by atoms with Crippen molar-refractivity contribution in [3.05, 3.63) is 87.6 Å². The smallest absolute Gasteiger partial charge is 0.337 e. The van der Waals surface area contributed by atoms with Crippen LogP contribution in [0.25, 0.3) is 22.6 Å². The summed E-state index contributed by atoms with van der Waals surface area (Å²) in [6.45, 7) is 11.3. The van der Waals surface area contributed by atoms with Gasteiger partial charge in [0.25, 0.3) is 0 Å². The molecule has 0 saturated carbocycles. The van der Waals surface area contributed by atoms with Gasteiger partial charge in [0.2, 0.25) is 0 Å². The number of pyridine rings is 1. The van der Waals surface area contributed by atoms with Crippen molar-refractivity contribution < 1.29 is 28.2 Å². The van der Waals surface area contributed by atoms with Crippen molar-refractivity contribution in [2.45, 2.75) is 45.8 Å². The Morgan fingerprint density at radius 2 is 1.97 bits per heavy atom. The van der Waals surface area contributed by atoms with E-state index in [1.807, 2.05) is 6.07 Å². The Labute approximate surface area is 202 Å². The molecule has 3 aromatic rings. The molecule has 0 amide bonds. The molecule has 1 N–H and O–H groups in total. The van der Waals surface area contributed by atoms with Gasteiger partial charge in [0.15, 0.2) is 17.7 Å². The first-order valence-corrected chi connectivity index (χ1v) is 11.3. The first kappa shape index (κ1) is 24.5. The molecule has 0 bridgehead atoms. The molecule has 1 aliphatic rings. The monoisotopic (exact) mass is 479 g/mol. The van der Waals surface area contributed by atoms with Gasteiger partial charge in [-0.05, 0) is 85.5 Å². The summed E-state index contributed by atoms with van der Waals surface area (Å²) in [4.78, 5) is 16.9. The van der Waals surface area contributed by atoms with Gasteiger partial charge in [-0.2, -0.15) is 0 Å². The van der Waals surface area contributed by atoms with Gasteiger partial charge < -0.3 is 14.6 Å². The Hall–Kier alpha value is -3.58. The first-order chi connectivity index (χ1) is 16.5. The Bertz CT molecular complexity index is 1470. The van der Waals surface area contributed by atoms with E-state index in [9.17, 15) is 18.7 Å². The number of halogens is 2. The largest absolute Gasteiger partial charge is 0.493 e. The summed E-state index contributed by atoms with van der Waals surface area (Å²) in [5.74, 6) is -2.65. The Kier molecular flexibility index (Phi) is 6.47. The van der Waals surface area contributed by atoms with Crippen LogP contribution in [0.1, 0.15) is 49.1 Å². The van der Waals surface area contributed by atoms with Crippen molar-refractivity contribution in [2.75, 3.05) is 6.61 Å². The Balaban J connectivity index is 2.18. The third-order valence-corrected chi connectivity index (χ3v) is 5.84. The maximum Gasteiger partial charge on any atom is 0.337 e. The van der Waals surface area contributed by atoms with Gasteiger partial charge in [0.05, 0.1) is 17.6 Å². The molecule has 1 aromatic heterocycles. The Morgan fingerprint density at radius 3 is 2.63 bits per heavy atom. The number of hydrogen-bond acceptors (Lipinski definition) is 4. The zero-order valence-corrected chi connectivity index (χ0v) is 20.1. The molecule has 1 aliphatic heterocycles. The molecule has 5 nitrogen and oxygen atoms in total. The van der Waals surface area contributed by atoms with Crippen LogP contribution in [0, 0.1) is 18.6 Å². The number of aliphatic carboxylic acids is 1. The zero-order valence-electron chi connectivity index (χ0n) is 20.1. The third-order valence-electron chi connectivity index (χ3n) is 5.84. The summed E-state index contributed by atoms with van der Waals surface area (Å²) < 4.78 is 40.3. The van der Waals surface area contributed by atoms with E-state index in [2.05, 4.69) is 11.6 Å². The molecule has 2 heterocycles. The van der Waals surface area contributed by atoms with Crippen LogP contribution in [0.15, 0.2) is 43.1 Å². The minimum Gasteiger partial charge on any atom is -0.493 e. The average Bonchev–Trinajstić information content (AvgIpc) is 2.78. The molecule has 0 spiro atoms. The molecular weight excluding hydrogens is 452 g/mol. The van der Waals surface area contributed by atoms with E-state index < -0.39 is 29.3 Å². The second kappa shape index (κ2) is 9.23. The van der Waals surface area contributed by atoms with Gasteiger partial charge in [0.1, 0.15) is 5.76 Å². The molecule has 0 radical (unpaired) electrons.